The average Bonchev–Trinajstić information content (AvgIpc) is 2.15. The molecule has 24 nitrogen and oxygen atoms in total. The van der Waals surface area contributed by atoms with E-state index in [2.05, 4.69) is 27.8 Å². The zero-order chi connectivity index (χ0) is 68.3. The van der Waals surface area contributed by atoms with Crippen molar-refractivity contribution in [2.75, 3.05) is 55.9 Å². The Kier molecular flexibility index (Phi) is 32.8. The number of nitrogens with one attached hydrogen (secondary N) is 4. The van der Waals surface area contributed by atoms with Crippen LogP contribution >= 0.6 is 0 Å². The maximum absolute atomic E-state index is 15.2. The molecule has 88 heavy (non-hydrogen) atoms. The summed E-state index contributed by atoms with van der Waals surface area (Å²) >= 11 is 0. The summed E-state index contributed by atoms with van der Waals surface area (Å²) in [5.41, 5.74) is 0. The summed E-state index contributed by atoms with van der Waals surface area (Å²) in [5.74, 6) is -10.2. The third-order valence-electron chi connectivity index (χ3n) is 16.7. The highest BCUT2D eigenvalue weighted by atomic mass is 16.5. The number of nitrogens with zero attached hydrogens (tertiary/aromatic N) is 7. The lowest BCUT2D eigenvalue weighted by molar-refractivity contribution is -0.157. The molecule has 0 aliphatic carbocycles. The molecule has 0 bridgehead atoms. The molecule has 1 saturated heterocycles. The molecule has 1 fully saturated rings. The number of rotatable bonds is 17. The van der Waals surface area contributed by atoms with Crippen LogP contribution in [0.3, 0.4) is 0 Å². The first-order valence-corrected chi connectivity index (χ1v) is 31.3. The van der Waals surface area contributed by atoms with Gasteiger partial charge >= 0.3 is 0 Å². The zero-order valence-electron chi connectivity index (χ0n) is 57.6. The molecule has 0 aromatic heterocycles. The van der Waals surface area contributed by atoms with E-state index in [0.29, 0.717) is 6.42 Å². The van der Waals surface area contributed by atoms with Crippen LogP contribution in [0.15, 0.2) is 24.8 Å². The molecule has 0 spiro atoms. The third-order valence-corrected chi connectivity index (χ3v) is 16.7. The quantitative estimate of drug-likeness (QED) is 0.131. The molecule has 1 aliphatic heterocycles. The van der Waals surface area contributed by atoms with Crippen molar-refractivity contribution in [2.45, 2.75) is 228 Å². The molecule has 0 unspecified atom stereocenters. The number of aliphatic hydroxyl groups excluding tert-OH is 1. The van der Waals surface area contributed by atoms with Crippen molar-refractivity contribution in [3.8, 4) is 0 Å². The lowest BCUT2D eigenvalue weighted by Crippen LogP contribution is -2.64. The van der Waals surface area contributed by atoms with E-state index in [4.69, 9.17) is 4.74 Å². The van der Waals surface area contributed by atoms with Gasteiger partial charge in [0.25, 0.3) is 0 Å². The van der Waals surface area contributed by atoms with E-state index in [9.17, 15) is 48.3 Å². The second-order valence-electron chi connectivity index (χ2n) is 26.1. The topological polar surface area (TPSA) is 288 Å². The van der Waals surface area contributed by atoms with Crippen LogP contribution < -0.4 is 21.3 Å². The summed E-state index contributed by atoms with van der Waals surface area (Å²) in [5, 5.41) is 23.1. The monoisotopic (exact) mass is 1240 g/mol. The van der Waals surface area contributed by atoms with E-state index < -0.39 is 161 Å². The van der Waals surface area contributed by atoms with Crippen molar-refractivity contribution >= 4 is 65.0 Å². The van der Waals surface area contributed by atoms with E-state index in [1.54, 1.807) is 67.5 Å². The SMILES string of the molecule is C=CCO[C@H](C)[C@H]1C(=O)N[C@@H](C(C)C)C(=O)N(C)[C@H](CC(C)C)C(=O)N[C@@H](C)C(=O)N[C@@H](C)C(=O)N(C)[C@@H](CC(C)C)C(=O)N(C)[C@H](CC(C)C)C(=O)N(C)[C@@H](C(C)C)C(=O)N(C)[C@@H]([C@H](O)[C@H](C)C/C=C/C)C(=O)N[C@@H](CC)C(=O)N(C)[C@H](C)C(=O)N1C. The van der Waals surface area contributed by atoms with Gasteiger partial charge in [-0.15, -0.1) is 6.58 Å². The van der Waals surface area contributed by atoms with Gasteiger partial charge in [-0.2, -0.15) is 0 Å². The molecule has 24 heteroatoms. The average molecular weight is 1240 g/mol. The number of aliphatic hydroxyl groups is 1. The van der Waals surface area contributed by atoms with Crippen LogP contribution in [0.5, 0.6) is 0 Å². The second-order valence-corrected chi connectivity index (χ2v) is 26.1. The molecule has 502 valence electrons. The van der Waals surface area contributed by atoms with E-state index in [-0.39, 0.29) is 50.0 Å². The number of likely N-dealkylation sites (N-methyl/N-ethyl adjacent to an activating group) is 7. The zero-order valence-corrected chi connectivity index (χ0v) is 57.6. The van der Waals surface area contributed by atoms with Gasteiger partial charge in [-0.25, -0.2) is 0 Å². The highest BCUT2D eigenvalue weighted by Crippen LogP contribution is 2.26. The van der Waals surface area contributed by atoms with Crippen LogP contribution in [0.1, 0.15) is 150 Å². The van der Waals surface area contributed by atoms with Crippen molar-refractivity contribution in [3.63, 3.8) is 0 Å². The first-order chi connectivity index (χ1) is 40.7. The number of hydrogen-bond donors (Lipinski definition) is 5. The number of amides is 11. The molecule has 0 aromatic rings. The van der Waals surface area contributed by atoms with Crippen LogP contribution in [0, 0.1) is 35.5 Å². The van der Waals surface area contributed by atoms with Crippen molar-refractivity contribution in [2.24, 2.45) is 35.5 Å². The number of carbonyl (C=O) groups excluding carboxylic acids is 11. The number of carbonyl (C=O) groups is 11. The number of ether oxygens (including phenoxy) is 1. The molecular weight excluding hydrogens is 1130 g/mol. The Labute approximate surface area is 526 Å². The minimum Gasteiger partial charge on any atom is -0.390 e. The summed E-state index contributed by atoms with van der Waals surface area (Å²) in [6, 6.07) is -14.2. The highest BCUT2D eigenvalue weighted by Gasteiger charge is 2.46. The Hall–Kier alpha value is -6.43. The van der Waals surface area contributed by atoms with E-state index in [1.807, 2.05) is 41.5 Å². The van der Waals surface area contributed by atoms with Gasteiger partial charge in [0, 0.05) is 49.3 Å². The Balaban J connectivity index is 4.42. The van der Waals surface area contributed by atoms with E-state index in [0.717, 1.165) is 14.7 Å². The van der Waals surface area contributed by atoms with E-state index in [1.165, 1.54) is 95.8 Å². The van der Waals surface area contributed by atoms with Crippen LogP contribution in [0.4, 0.5) is 0 Å². The summed E-state index contributed by atoms with van der Waals surface area (Å²) in [7, 11) is 9.78. The molecule has 0 radical (unpaired) electrons. The predicted molar refractivity (Wildman–Crippen MR) is 339 cm³/mol. The summed E-state index contributed by atoms with van der Waals surface area (Å²) < 4.78 is 5.94. The Morgan fingerprint density at radius 1 is 0.489 bits per heavy atom. The van der Waals surface area contributed by atoms with Gasteiger partial charge in [0.1, 0.15) is 66.5 Å². The Bertz CT molecular complexity index is 2430. The van der Waals surface area contributed by atoms with Crippen molar-refractivity contribution < 1.29 is 62.6 Å². The van der Waals surface area contributed by atoms with Crippen LogP contribution in [-0.2, 0) is 57.5 Å². The maximum atomic E-state index is 15.2. The van der Waals surface area contributed by atoms with Crippen molar-refractivity contribution in [3.05, 3.63) is 24.8 Å². The fourth-order valence-electron chi connectivity index (χ4n) is 11.0. The van der Waals surface area contributed by atoms with Gasteiger partial charge < -0.3 is 65.4 Å². The first kappa shape index (κ1) is 79.6. The van der Waals surface area contributed by atoms with Gasteiger partial charge in [0.05, 0.1) is 18.8 Å². The molecular formula is C64H113N11O13. The fraction of sp³-hybridized carbons (Fsp3) is 0.766. The summed E-state index contributed by atoms with van der Waals surface area (Å²) in [4.78, 5) is 170. The Morgan fingerprint density at radius 3 is 1.40 bits per heavy atom. The van der Waals surface area contributed by atoms with E-state index >= 15 is 9.59 Å². The Morgan fingerprint density at radius 2 is 0.932 bits per heavy atom. The number of allylic oxidation sites excluding steroid dienone is 2. The normalized spacial score (nSPS) is 27.5. The largest absolute Gasteiger partial charge is 0.390 e. The molecule has 1 rings (SSSR count). The number of hydrogen-bond acceptors (Lipinski definition) is 13. The molecule has 5 N–H and O–H groups in total. The third kappa shape index (κ3) is 21.4. The molecule has 1 aliphatic rings. The van der Waals surface area contributed by atoms with Crippen molar-refractivity contribution in [1.29, 1.82) is 0 Å². The summed E-state index contributed by atoms with van der Waals surface area (Å²) in [6.45, 7) is 32.7. The van der Waals surface area contributed by atoms with Crippen LogP contribution in [0.2, 0.25) is 0 Å². The minimum atomic E-state index is -1.64. The van der Waals surface area contributed by atoms with Crippen LogP contribution in [0.25, 0.3) is 0 Å². The van der Waals surface area contributed by atoms with Crippen LogP contribution in [-0.4, -0.2) is 239 Å². The molecule has 14 atom stereocenters. The van der Waals surface area contributed by atoms with Gasteiger partial charge in [-0.05, 0) is 102 Å². The highest BCUT2D eigenvalue weighted by molar-refractivity contribution is 6.00. The second kappa shape index (κ2) is 36.3. The lowest BCUT2D eigenvalue weighted by atomic mass is 9.91. The molecule has 1 heterocycles. The van der Waals surface area contributed by atoms with Gasteiger partial charge in [-0.3, -0.25) is 52.7 Å². The summed E-state index contributed by atoms with van der Waals surface area (Å²) in [6.07, 6.45) is 3.17. The van der Waals surface area contributed by atoms with Gasteiger partial charge in [0.15, 0.2) is 0 Å². The van der Waals surface area contributed by atoms with Crippen molar-refractivity contribution in [1.82, 2.24) is 55.6 Å². The molecule has 0 aromatic carbocycles. The fourth-order valence-corrected chi connectivity index (χ4v) is 11.0. The standard InChI is InChI=1S/C64H113N11O13/c1-26-29-30-40(14)53(76)52-57(80)67-45(28-3)60(83)69(19)43(17)59(82)74(24)51(44(18)88-31-27-2)56(79)68-49(38(10)11)63(86)70(20)46(32-35(4)5)55(78)65-41(15)54(77)66-42(16)58(81)71(21)47(33-36(6)7)61(84)72(22)48(34-37(8)9)62(85)73(23)50(39(12)13)64(87)75(52)25/h26-27,29,35-53,76H,2,28,30-34H2,1,3-25H3,(H,65,78)(H,66,77)(H,67,80)(H,68,79)/b29-26+/t40-,41+,42+,43-,44-,45+,46-,47+,48-,49+,50+,51+,52+,53-/m1/s1. The maximum Gasteiger partial charge on any atom is 0.246 e. The molecule has 0 saturated carbocycles. The van der Waals surface area contributed by atoms with Gasteiger partial charge in [-0.1, -0.05) is 101 Å². The lowest BCUT2D eigenvalue weighted by Gasteiger charge is -2.41. The van der Waals surface area contributed by atoms with Gasteiger partial charge in [0.2, 0.25) is 65.0 Å². The minimum absolute atomic E-state index is 0.0130. The molecule has 11 amide bonds. The smallest absolute Gasteiger partial charge is 0.246 e. The first-order valence-electron chi connectivity index (χ1n) is 31.3. The predicted octanol–water partition coefficient (Wildman–Crippen LogP) is 3.20.